The first-order valence-corrected chi connectivity index (χ1v) is 7.80. The van der Waals surface area contributed by atoms with Crippen molar-refractivity contribution >= 4 is 18.3 Å². The summed E-state index contributed by atoms with van der Waals surface area (Å²) in [6.07, 6.45) is 5.84. The third kappa shape index (κ3) is 4.09. The van der Waals surface area contributed by atoms with Gasteiger partial charge in [-0.3, -0.25) is 9.69 Å². The number of hydrogen-bond donors (Lipinski definition) is 1. The molecule has 4 nitrogen and oxygen atoms in total. The fourth-order valence-corrected chi connectivity index (χ4v) is 3.46. The smallest absolute Gasteiger partial charge is 0.236 e. The number of nitrogens with two attached hydrogens (primary N) is 1. The molecule has 2 N–H and O–H groups in total. The lowest BCUT2D eigenvalue weighted by molar-refractivity contribution is -0.136. The highest BCUT2D eigenvalue weighted by Crippen LogP contribution is 2.28. The van der Waals surface area contributed by atoms with Gasteiger partial charge in [-0.25, -0.2) is 0 Å². The van der Waals surface area contributed by atoms with Gasteiger partial charge in [0.1, 0.15) is 0 Å². The van der Waals surface area contributed by atoms with Crippen LogP contribution >= 0.6 is 12.4 Å². The minimum Gasteiger partial charge on any atom is -0.339 e. The van der Waals surface area contributed by atoms with Crippen molar-refractivity contribution in [3.8, 4) is 0 Å². The minimum atomic E-state index is 0. The van der Waals surface area contributed by atoms with E-state index in [0.717, 1.165) is 39.0 Å². The second-order valence-corrected chi connectivity index (χ2v) is 6.62. The van der Waals surface area contributed by atoms with Gasteiger partial charge in [0.25, 0.3) is 0 Å². The van der Waals surface area contributed by atoms with Gasteiger partial charge in [-0.1, -0.05) is 13.8 Å². The molecule has 2 aliphatic heterocycles. The molecule has 2 fully saturated rings. The molecule has 2 rings (SSSR count). The maximum absolute atomic E-state index is 12.5. The second kappa shape index (κ2) is 7.62. The lowest BCUT2D eigenvalue weighted by atomic mass is 9.90. The maximum Gasteiger partial charge on any atom is 0.236 e. The zero-order valence-electron chi connectivity index (χ0n) is 12.9. The SMILES string of the molecule is CCC1CCCCN1C(=O)CN1CCC(C)(CN)C1.Cl. The van der Waals surface area contributed by atoms with E-state index in [0.29, 0.717) is 18.5 Å². The number of piperidine rings is 1. The van der Waals surface area contributed by atoms with Crippen LogP contribution < -0.4 is 5.73 Å². The number of hydrogen-bond acceptors (Lipinski definition) is 3. The van der Waals surface area contributed by atoms with Crippen LogP contribution in [0.15, 0.2) is 0 Å². The molecule has 5 heteroatoms. The van der Waals surface area contributed by atoms with E-state index in [-0.39, 0.29) is 17.8 Å². The maximum atomic E-state index is 12.5. The van der Waals surface area contributed by atoms with Crippen molar-refractivity contribution < 1.29 is 4.79 Å². The summed E-state index contributed by atoms with van der Waals surface area (Å²) in [5, 5.41) is 0. The first-order chi connectivity index (χ1) is 9.08. The van der Waals surface area contributed by atoms with Gasteiger partial charge in [0.15, 0.2) is 0 Å². The molecule has 0 saturated carbocycles. The standard InChI is InChI=1S/C15H29N3O.ClH/c1-3-13-6-4-5-8-18(13)14(19)10-17-9-7-15(2,11-16)12-17;/h13H,3-12,16H2,1-2H3;1H. The van der Waals surface area contributed by atoms with Crippen LogP contribution in [0, 0.1) is 5.41 Å². The zero-order chi connectivity index (χ0) is 13.9. The van der Waals surface area contributed by atoms with Gasteiger partial charge in [-0.15, -0.1) is 12.4 Å². The van der Waals surface area contributed by atoms with Gasteiger partial charge in [0, 0.05) is 19.1 Å². The lowest BCUT2D eigenvalue weighted by Gasteiger charge is -2.36. The predicted octanol–water partition coefficient (Wildman–Crippen LogP) is 1.87. The largest absolute Gasteiger partial charge is 0.339 e. The Hall–Kier alpha value is -0.320. The number of carbonyl (C=O) groups excluding carboxylic acids is 1. The fraction of sp³-hybridized carbons (Fsp3) is 0.933. The molecule has 2 heterocycles. The Morgan fingerprint density at radius 1 is 1.35 bits per heavy atom. The zero-order valence-corrected chi connectivity index (χ0v) is 13.8. The molecule has 0 aliphatic carbocycles. The van der Waals surface area contributed by atoms with Crippen molar-refractivity contribution in [2.24, 2.45) is 11.1 Å². The quantitative estimate of drug-likeness (QED) is 0.862. The summed E-state index contributed by atoms with van der Waals surface area (Å²) in [5.41, 5.74) is 6.04. The van der Waals surface area contributed by atoms with Gasteiger partial charge in [0.2, 0.25) is 5.91 Å². The summed E-state index contributed by atoms with van der Waals surface area (Å²) in [7, 11) is 0. The first-order valence-electron chi connectivity index (χ1n) is 7.80. The molecule has 118 valence electrons. The molecule has 0 spiro atoms. The van der Waals surface area contributed by atoms with Crippen LogP contribution in [0.4, 0.5) is 0 Å². The average Bonchev–Trinajstić information content (AvgIpc) is 2.81. The van der Waals surface area contributed by atoms with Gasteiger partial charge in [0.05, 0.1) is 6.54 Å². The Balaban J connectivity index is 0.00000200. The molecule has 0 bridgehead atoms. The van der Waals surface area contributed by atoms with Crippen molar-refractivity contribution in [2.45, 2.75) is 52.0 Å². The molecular weight excluding hydrogens is 274 g/mol. The number of amides is 1. The summed E-state index contributed by atoms with van der Waals surface area (Å²) in [5.74, 6) is 0.327. The molecular formula is C15H30ClN3O. The predicted molar refractivity (Wildman–Crippen MR) is 85.1 cm³/mol. The van der Waals surface area contributed by atoms with Crippen molar-refractivity contribution in [3.05, 3.63) is 0 Å². The number of likely N-dealkylation sites (tertiary alicyclic amines) is 2. The van der Waals surface area contributed by atoms with Crippen LogP contribution in [-0.2, 0) is 4.79 Å². The average molecular weight is 304 g/mol. The van der Waals surface area contributed by atoms with E-state index in [9.17, 15) is 4.79 Å². The van der Waals surface area contributed by atoms with E-state index in [1.807, 2.05) is 0 Å². The molecule has 20 heavy (non-hydrogen) atoms. The molecule has 0 aromatic carbocycles. The van der Waals surface area contributed by atoms with Gasteiger partial charge < -0.3 is 10.6 Å². The van der Waals surface area contributed by atoms with E-state index in [2.05, 4.69) is 23.6 Å². The highest BCUT2D eigenvalue weighted by molar-refractivity contribution is 5.85. The second-order valence-electron chi connectivity index (χ2n) is 6.62. The number of halogens is 1. The first kappa shape index (κ1) is 17.7. The Kier molecular flexibility index (Phi) is 6.76. The Labute approximate surface area is 129 Å². The summed E-state index contributed by atoms with van der Waals surface area (Å²) < 4.78 is 0. The number of rotatable bonds is 4. The van der Waals surface area contributed by atoms with Crippen LogP contribution in [0.25, 0.3) is 0 Å². The topological polar surface area (TPSA) is 49.6 Å². The summed E-state index contributed by atoms with van der Waals surface area (Å²) >= 11 is 0. The van der Waals surface area contributed by atoms with E-state index in [1.54, 1.807) is 0 Å². The number of nitrogens with zero attached hydrogens (tertiary/aromatic N) is 2. The highest BCUT2D eigenvalue weighted by Gasteiger charge is 2.34. The van der Waals surface area contributed by atoms with Gasteiger partial charge in [-0.05, 0) is 50.6 Å². The minimum absolute atomic E-state index is 0. The third-order valence-corrected chi connectivity index (χ3v) is 4.91. The normalized spacial score (nSPS) is 31.1. The van der Waals surface area contributed by atoms with Gasteiger partial charge >= 0.3 is 0 Å². The monoisotopic (exact) mass is 303 g/mol. The number of carbonyl (C=O) groups is 1. The molecule has 0 aromatic heterocycles. The molecule has 2 saturated heterocycles. The lowest BCUT2D eigenvalue weighted by Crippen LogP contribution is -2.47. The Morgan fingerprint density at radius 3 is 2.70 bits per heavy atom. The van der Waals surface area contributed by atoms with Crippen LogP contribution in [0.2, 0.25) is 0 Å². The molecule has 2 unspecified atom stereocenters. The third-order valence-electron chi connectivity index (χ3n) is 4.91. The summed E-state index contributed by atoms with van der Waals surface area (Å²) in [4.78, 5) is 16.9. The summed E-state index contributed by atoms with van der Waals surface area (Å²) in [6.45, 7) is 8.68. The molecule has 2 aliphatic rings. The van der Waals surface area contributed by atoms with Crippen LogP contribution in [0.5, 0.6) is 0 Å². The Bertz CT molecular complexity index is 326. The Morgan fingerprint density at radius 2 is 2.10 bits per heavy atom. The van der Waals surface area contributed by atoms with E-state index in [4.69, 9.17) is 5.73 Å². The highest BCUT2D eigenvalue weighted by atomic mass is 35.5. The van der Waals surface area contributed by atoms with Crippen molar-refractivity contribution in [1.29, 1.82) is 0 Å². The molecule has 1 amide bonds. The molecule has 0 aromatic rings. The molecule has 2 atom stereocenters. The van der Waals surface area contributed by atoms with Crippen molar-refractivity contribution in [1.82, 2.24) is 9.80 Å². The van der Waals surface area contributed by atoms with Crippen molar-refractivity contribution in [3.63, 3.8) is 0 Å². The van der Waals surface area contributed by atoms with E-state index in [1.165, 1.54) is 19.3 Å². The van der Waals surface area contributed by atoms with Crippen molar-refractivity contribution in [2.75, 3.05) is 32.7 Å². The van der Waals surface area contributed by atoms with Crippen LogP contribution in [0.1, 0.15) is 46.0 Å². The van der Waals surface area contributed by atoms with E-state index >= 15 is 0 Å². The van der Waals surface area contributed by atoms with E-state index < -0.39 is 0 Å². The summed E-state index contributed by atoms with van der Waals surface area (Å²) in [6, 6.07) is 0.477. The van der Waals surface area contributed by atoms with Crippen LogP contribution in [-0.4, -0.2) is 54.5 Å². The molecule has 0 radical (unpaired) electrons. The van der Waals surface area contributed by atoms with Crippen LogP contribution in [0.3, 0.4) is 0 Å². The van der Waals surface area contributed by atoms with Gasteiger partial charge in [-0.2, -0.15) is 0 Å². The fourth-order valence-electron chi connectivity index (χ4n) is 3.46.